The number of pyridine rings is 1. The number of para-hydroxylation sites is 1. The van der Waals surface area contributed by atoms with Crippen LogP contribution in [0.3, 0.4) is 0 Å². The van der Waals surface area contributed by atoms with E-state index in [9.17, 15) is 9.59 Å². The summed E-state index contributed by atoms with van der Waals surface area (Å²) in [5.41, 5.74) is 2.00. The minimum atomic E-state index is -0.522. The Labute approximate surface area is 201 Å². The SMILES string of the molecule is O=C(CSc1cc(C(=O)NC2CC2)c2ccccc2n1)Nc1ccc2c(c1)OC1(CCCC1)O2. The third-order valence-corrected chi connectivity index (χ3v) is 7.30. The smallest absolute Gasteiger partial charge is 0.252 e. The molecule has 0 bridgehead atoms. The number of aromatic nitrogens is 1. The van der Waals surface area contributed by atoms with Crippen molar-refractivity contribution in [3.05, 3.63) is 54.1 Å². The quantitative estimate of drug-likeness (QED) is 0.493. The predicted molar refractivity (Wildman–Crippen MR) is 130 cm³/mol. The number of hydrogen-bond donors (Lipinski definition) is 2. The normalized spacial score (nSPS) is 17.8. The molecule has 2 aromatic carbocycles. The van der Waals surface area contributed by atoms with Gasteiger partial charge in [0.1, 0.15) is 0 Å². The van der Waals surface area contributed by atoms with E-state index in [1.165, 1.54) is 11.8 Å². The van der Waals surface area contributed by atoms with E-state index in [1.807, 2.05) is 42.5 Å². The number of benzene rings is 2. The molecule has 2 saturated carbocycles. The van der Waals surface area contributed by atoms with Gasteiger partial charge in [-0.1, -0.05) is 30.0 Å². The molecule has 3 aromatic rings. The molecule has 8 heteroatoms. The lowest BCUT2D eigenvalue weighted by atomic mass is 10.1. The highest BCUT2D eigenvalue weighted by molar-refractivity contribution is 7.99. The Morgan fingerprint density at radius 2 is 1.82 bits per heavy atom. The summed E-state index contributed by atoms with van der Waals surface area (Å²) in [6, 6.07) is 15.1. The highest BCUT2D eigenvalue weighted by atomic mass is 32.2. The molecule has 0 saturated heterocycles. The van der Waals surface area contributed by atoms with Gasteiger partial charge in [-0.3, -0.25) is 9.59 Å². The van der Waals surface area contributed by atoms with Crippen molar-refractivity contribution in [2.75, 3.05) is 11.1 Å². The molecule has 1 aromatic heterocycles. The van der Waals surface area contributed by atoms with Gasteiger partial charge in [0.25, 0.3) is 11.7 Å². The molecule has 7 nitrogen and oxygen atoms in total. The second-order valence-electron chi connectivity index (χ2n) is 9.09. The maximum Gasteiger partial charge on any atom is 0.252 e. The number of thioether (sulfide) groups is 1. The third-order valence-electron chi connectivity index (χ3n) is 6.39. The zero-order valence-electron chi connectivity index (χ0n) is 18.6. The summed E-state index contributed by atoms with van der Waals surface area (Å²) in [7, 11) is 0. The van der Waals surface area contributed by atoms with Crippen LogP contribution in [0.4, 0.5) is 5.69 Å². The summed E-state index contributed by atoms with van der Waals surface area (Å²) >= 11 is 1.31. The molecule has 2 amide bonds. The number of anilines is 1. The fourth-order valence-corrected chi connectivity index (χ4v) is 5.24. The minimum absolute atomic E-state index is 0.0900. The molecule has 34 heavy (non-hydrogen) atoms. The van der Waals surface area contributed by atoms with E-state index in [4.69, 9.17) is 9.47 Å². The van der Waals surface area contributed by atoms with Crippen molar-refractivity contribution in [2.24, 2.45) is 0 Å². The van der Waals surface area contributed by atoms with Crippen LogP contribution in [0.15, 0.2) is 53.6 Å². The average molecular weight is 476 g/mol. The summed E-state index contributed by atoms with van der Waals surface area (Å²) in [6.07, 6.45) is 6.02. The number of carbonyl (C=O) groups excluding carboxylic acids is 2. The lowest BCUT2D eigenvalue weighted by molar-refractivity contribution is -0.113. The van der Waals surface area contributed by atoms with Gasteiger partial charge in [0, 0.05) is 36.0 Å². The molecule has 0 atom stereocenters. The first-order valence-corrected chi connectivity index (χ1v) is 12.7. The summed E-state index contributed by atoms with van der Waals surface area (Å²) in [4.78, 5) is 30.1. The molecular weight excluding hydrogens is 450 g/mol. The number of fused-ring (bicyclic) bond motifs is 2. The number of nitrogens with one attached hydrogen (secondary N) is 2. The fourth-order valence-electron chi connectivity index (χ4n) is 4.53. The molecule has 0 radical (unpaired) electrons. The van der Waals surface area contributed by atoms with Crippen LogP contribution >= 0.6 is 11.8 Å². The molecule has 1 spiro atoms. The van der Waals surface area contributed by atoms with Crippen molar-refractivity contribution in [1.82, 2.24) is 10.3 Å². The van der Waals surface area contributed by atoms with E-state index in [1.54, 1.807) is 6.07 Å². The number of rotatable bonds is 6. The zero-order chi connectivity index (χ0) is 23.1. The second-order valence-corrected chi connectivity index (χ2v) is 10.1. The van der Waals surface area contributed by atoms with Gasteiger partial charge < -0.3 is 20.1 Å². The van der Waals surface area contributed by atoms with Crippen LogP contribution in [0, 0.1) is 0 Å². The maximum atomic E-state index is 12.8. The van der Waals surface area contributed by atoms with Gasteiger partial charge in [-0.25, -0.2) is 4.98 Å². The number of nitrogens with zero attached hydrogens (tertiary/aromatic N) is 1. The highest BCUT2D eigenvalue weighted by Crippen LogP contribution is 2.47. The Morgan fingerprint density at radius 3 is 2.65 bits per heavy atom. The molecular formula is C26H25N3O4S. The van der Waals surface area contributed by atoms with Crippen molar-refractivity contribution in [2.45, 2.75) is 55.4 Å². The average Bonchev–Trinajstić information content (AvgIpc) is 3.42. The van der Waals surface area contributed by atoms with Crippen LogP contribution in [-0.4, -0.2) is 34.4 Å². The molecule has 6 rings (SSSR count). The lowest BCUT2D eigenvalue weighted by Gasteiger charge is -2.21. The van der Waals surface area contributed by atoms with Crippen LogP contribution < -0.4 is 20.1 Å². The van der Waals surface area contributed by atoms with Crippen LogP contribution in [0.1, 0.15) is 48.9 Å². The maximum absolute atomic E-state index is 12.8. The fraction of sp³-hybridized carbons (Fsp3) is 0.346. The third kappa shape index (κ3) is 4.30. The first kappa shape index (κ1) is 21.3. The van der Waals surface area contributed by atoms with Crippen molar-refractivity contribution in [3.8, 4) is 11.5 Å². The molecule has 174 valence electrons. The summed E-state index contributed by atoms with van der Waals surface area (Å²) < 4.78 is 12.1. The molecule has 0 unspecified atom stereocenters. The van der Waals surface area contributed by atoms with E-state index in [-0.39, 0.29) is 23.6 Å². The first-order chi connectivity index (χ1) is 16.6. The summed E-state index contributed by atoms with van der Waals surface area (Å²) in [5, 5.41) is 7.43. The van der Waals surface area contributed by atoms with E-state index >= 15 is 0 Å². The molecule has 2 N–H and O–H groups in total. The van der Waals surface area contributed by atoms with Crippen molar-refractivity contribution in [3.63, 3.8) is 0 Å². The van der Waals surface area contributed by atoms with Crippen LogP contribution in [-0.2, 0) is 4.79 Å². The second kappa shape index (κ2) is 8.51. The Morgan fingerprint density at radius 1 is 1.03 bits per heavy atom. The largest absolute Gasteiger partial charge is 0.448 e. The first-order valence-electron chi connectivity index (χ1n) is 11.7. The van der Waals surface area contributed by atoms with Gasteiger partial charge in [-0.2, -0.15) is 0 Å². The highest BCUT2D eigenvalue weighted by Gasteiger charge is 2.44. The van der Waals surface area contributed by atoms with Crippen LogP contribution in [0.25, 0.3) is 10.9 Å². The number of carbonyl (C=O) groups is 2. The Bertz CT molecular complexity index is 1280. The molecule has 2 fully saturated rings. The van der Waals surface area contributed by atoms with Crippen molar-refractivity contribution < 1.29 is 19.1 Å². The predicted octanol–water partition coefficient (Wildman–Crippen LogP) is 4.90. The lowest BCUT2D eigenvalue weighted by Crippen LogP contribution is -2.34. The van der Waals surface area contributed by atoms with Gasteiger partial charge in [0.2, 0.25) is 5.91 Å². The van der Waals surface area contributed by atoms with Crippen molar-refractivity contribution >= 4 is 40.2 Å². The minimum Gasteiger partial charge on any atom is -0.448 e. The molecule has 2 aliphatic carbocycles. The Hall–Kier alpha value is -3.26. The Kier molecular flexibility index (Phi) is 5.32. The van der Waals surface area contributed by atoms with Gasteiger partial charge in [0.05, 0.1) is 21.9 Å². The zero-order valence-corrected chi connectivity index (χ0v) is 19.5. The van der Waals surface area contributed by atoms with Gasteiger partial charge in [0.15, 0.2) is 11.5 Å². The summed E-state index contributed by atoms with van der Waals surface area (Å²) in [5.74, 6) is 0.812. The van der Waals surface area contributed by atoms with Crippen molar-refractivity contribution in [1.29, 1.82) is 0 Å². The molecule has 3 aliphatic rings. The monoisotopic (exact) mass is 475 g/mol. The Balaban J connectivity index is 1.13. The standard InChI is InChI=1S/C26H25N3O4S/c30-23(27-17-9-10-21-22(13-17)33-26(32-21)11-3-4-12-26)15-34-24-14-19(25(31)28-16-7-8-16)18-5-1-2-6-20(18)29-24/h1-2,5-6,9-10,13-14,16H,3-4,7-8,11-12,15H2,(H,27,30)(H,28,31). The number of amides is 2. The topological polar surface area (TPSA) is 89.6 Å². The van der Waals surface area contributed by atoms with E-state index in [0.29, 0.717) is 22.0 Å². The number of hydrogen-bond acceptors (Lipinski definition) is 6. The van der Waals surface area contributed by atoms with Gasteiger partial charge in [-0.05, 0) is 49.9 Å². The molecule has 1 aliphatic heterocycles. The van der Waals surface area contributed by atoms with Crippen LogP contribution in [0.5, 0.6) is 11.5 Å². The number of ether oxygens (including phenoxy) is 2. The van der Waals surface area contributed by atoms with Gasteiger partial charge >= 0.3 is 0 Å². The van der Waals surface area contributed by atoms with E-state index in [0.717, 1.165) is 55.2 Å². The molecule has 2 heterocycles. The van der Waals surface area contributed by atoms with Gasteiger partial charge in [-0.15, -0.1) is 0 Å². The van der Waals surface area contributed by atoms with E-state index in [2.05, 4.69) is 15.6 Å². The van der Waals surface area contributed by atoms with E-state index < -0.39 is 5.79 Å². The summed E-state index contributed by atoms with van der Waals surface area (Å²) in [6.45, 7) is 0. The van der Waals surface area contributed by atoms with Crippen LogP contribution in [0.2, 0.25) is 0 Å².